The number of aromatic nitrogens is 1. The number of benzene rings is 1. The number of amides is 2. The van der Waals surface area contributed by atoms with Crippen LogP contribution in [0.5, 0.6) is 5.75 Å². The van der Waals surface area contributed by atoms with Crippen LogP contribution in [-0.2, 0) is 16.1 Å². The van der Waals surface area contributed by atoms with E-state index in [-0.39, 0.29) is 31.2 Å². The molecule has 0 bridgehead atoms. The maximum atomic E-state index is 11.7. The van der Waals surface area contributed by atoms with E-state index in [2.05, 4.69) is 4.98 Å². The molecule has 108 valence electrons. The average molecular weight is 305 g/mol. The number of rotatable bonds is 3. The number of pyridine rings is 1. The Morgan fingerprint density at radius 2 is 1.95 bits per heavy atom. The van der Waals surface area contributed by atoms with Crippen molar-refractivity contribution in [3.8, 4) is 5.75 Å². The summed E-state index contributed by atoms with van der Waals surface area (Å²) >= 11 is 6.17. The monoisotopic (exact) mass is 304 g/mol. The molecule has 0 radical (unpaired) electrons. The first-order chi connectivity index (χ1) is 10.1. The van der Waals surface area contributed by atoms with Crippen LogP contribution in [0.15, 0.2) is 24.3 Å². The van der Waals surface area contributed by atoms with Crippen molar-refractivity contribution in [2.24, 2.45) is 0 Å². The van der Waals surface area contributed by atoms with Crippen LogP contribution >= 0.6 is 11.6 Å². The number of carbonyl (C=O) groups is 2. The summed E-state index contributed by atoms with van der Waals surface area (Å²) in [5.74, 6) is 0.375. The standard InChI is InChI=1S/C15H13ClN2O3/c1-21-11-3-2-9-6-10(15(16)17-12(9)7-11)8-18-13(19)4-5-14(18)20/h2-3,6-7H,4-5,8H2,1H3. The Morgan fingerprint density at radius 3 is 2.62 bits per heavy atom. The molecule has 1 aromatic heterocycles. The van der Waals surface area contributed by atoms with E-state index in [4.69, 9.17) is 16.3 Å². The minimum atomic E-state index is -0.161. The molecule has 0 atom stereocenters. The molecule has 1 saturated heterocycles. The number of likely N-dealkylation sites (tertiary alicyclic amines) is 1. The number of nitrogens with zero attached hydrogens (tertiary/aromatic N) is 2. The van der Waals surface area contributed by atoms with Crippen molar-refractivity contribution in [2.75, 3.05) is 7.11 Å². The van der Waals surface area contributed by atoms with E-state index < -0.39 is 0 Å². The van der Waals surface area contributed by atoms with Gasteiger partial charge in [-0.05, 0) is 18.2 Å². The van der Waals surface area contributed by atoms with E-state index in [1.54, 1.807) is 13.2 Å². The third-order valence-electron chi connectivity index (χ3n) is 3.53. The van der Waals surface area contributed by atoms with Gasteiger partial charge in [0.1, 0.15) is 10.9 Å². The second kappa shape index (κ2) is 5.33. The predicted octanol–water partition coefficient (Wildman–Crippen LogP) is 2.55. The molecule has 1 fully saturated rings. The summed E-state index contributed by atoms with van der Waals surface area (Å²) in [6.45, 7) is 0.172. The van der Waals surface area contributed by atoms with E-state index in [1.807, 2.05) is 18.2 Å². The van der Waals surface area contributed by atoms with Crippen LogP contribution in [0.1, 0.15) is 18.4 Å². The highest BCUT2D eigenvalue weighted by molar-refractivity contribution is 6.30. The second-order valence-electron chi connectivity index (χ2n) is 4.87. The number of hydrogen-bond acceptors (Lipinski definition) is 4. The minimum Gasteiger partial charge on any atom is -0.497 e. The van der Waals surface area contributed by atoms with Crippen LogP contribution in [0.25, 0.3) is 10.9 Å². The predicted molar refractivity (Wildman–Crippen MR) is 78.1 cm³/mol. The molecule has 0 spiro atoms. The molecule has 0 N–H and O–H groups in total. The molecule has 21 heavy (non-hydrogen) atoms. The molecule has 0 aliphatic carbocycles. The smallest absolute Gasteiger partial charge is 0.229 e. The molecule has 2 aromatic rings. The maximum Gasteiger partial charge on any atom is 0.229 e. The number of halogens is 1. The largest absolute Gasteiger partial charge is 0.497 e. The summed E-state index contributed by atoms with van der Waals surface area (Å²) in [5.41, 5.74) is 1.38. The Bertz CT molecular complexity index is 729. The SMILES string of the molecule is COc1ccc2cc(CN3C(=O)CCC3=O)c(Cl)nc2c1. The number of imide groups is 1. The lowest BCUT2D eigenvalue weighted by atomic mass is 10.1. The molecule has 5 nitrogen and oxygen atoms in total. The lowest BCUT2D eigenvalue weighted by Gasteiger charge is -2.15. The summed E-state index contributed by atoms with van der Waals surface area (Å²) in [6.07, 6.45) is 0.545. The molecule has 6 heteroatoms. The lowest BCUT2D eigenvalue weighted by molar-refractivity contribution is -0.139. The molecule has 1 aliphatic rings. The van der Waals surface area contributed by atoms with Crippen molar-refractivity contribution in [1.82, 2.24) is 9.88 Å². The van der Waals surface area contributed by atoms with Gasteiger partial charge >= 0.3 is 0 Å². The van der Waals surface area contributed by atoms with E-state index >= 15 is 0 Å². The van der Waals surface area contributed by atoms with Crippen LogP contribution in [0.4, 0.5) is 0 Å². The molecular formula is C15H13ClN2O3. The van der Waals surface area contributed by atoms with Crippen molar-refractivity contribution in [1.29, 1.82) is 0 Å². The van der Waals surface area contributed by atoms with Gasteiger partial charge in [0.25, 0.3) is 0 Å². The van der Waals surface area contributed by atoms with Crippen LogP contribution < -0.4 is 4.74 Å². The van der Waals surface area contributed by atoms with Gasteiger partial charge in [-0.3, -0.25) is 14.5 Å². The first-order valence-corrected chi connectivity index (χ1v) is 6.92. The van der Waals surface area contributed by atoms with Gasteiger partial charge in [-0.2, -0.15) is 0 Å². The summed E-state index contributed by atoms with van der Waals surface area (Å²) < 4.78 is 5.15. The summed E-state index contributed by atoms with van der Waals surface area (Å²) in [6, 6.07) is 7.34. The first kappa shape index (κ1) is 13.8. The quantitative estimate of drug-likeness (QED) is 0.646. The average Bonchev–Trinajstić information content (AvgIpc) is 2.79. The van der Waals surface area contributed by atoms with Gasteiger partial charge in [0, 0.05) is 29.9 Å². The number of hydrogen-bond donors (Lipinski definition) is 0. The van der Waals surface area contributed by atoms with Gasteiger partial charge in [-0.25, -0.2) is 4.98 Å². The van der Waals surface area contributed by atoms with E-state index in [0.717, 1.165) is 5.39 Å². The van der Waals surface area contributed by atoms with Gasteiger partial charge in [-0.15, -0.1) is 0 Å². The van der Waals surface area contributed by atoms with Crippen LogP contribution in [0.2, 0.25) is 5.15 Å². The Kier molecular flexibility index (Phi) is 3.51. The lowest BCUT2D eigenvalue weighted by Crippen LogP contribution is -2.28. The Hall–Kier alpha value is -2.14. The van der Waals surface area contributed by atoms with Crippen molar-refractivity contribution < 1.29 is 14.3 Å². The van der Waals surface area contributed by atoms with Gasteiger partial charge in [0.15, 0.2) is 0 Å². The molecule has 3 rings (SSSR count). The van der Waals surface area contributed by atoms with Gasteiger partial charge in [0.05, 0.1) is 19.2 Å². The topological polar surface area (TPSA) is 59.5 Å². The van der Waals surface area contributed by atoms with Crippen molar-refractivity contribution in [2.45, 2.75) is 19.4 Å². The van der Waals surface area contributed by atoms with Crippen molar-refractivity contribution in [3.63, 3.8) is 0 Å². The first-order valence-electron chi connectivity index (χ1n) is 6.55. The van der Waals surface area contributed by atoms with E-state index in [1.165, 1.54) is 4.90 Å². The Morgan fingerprint density at radius 1 is 1.24 bits per heavy atom. The number of methoxy groups -OCH3 is 1. The Balaban J connectivity index is 1.97. The maximum absolute atomic E-state index is 11.7. The molecule has 0 saturated carbocycles. The Labute approximate surface area is 126 Å². The fourth-order valence-electron chi connectivity index (χ4n) is 2.37. The van der Waals surface area contributed by atoms with Crippen LogP contribution in [0, 0.1) is 0 Å². The van der Waals surface area contributed by atoms with E-state index in [9.17, 15) is 9.59 Å². The molecular weight excluding hydrogens is 292 g/mol. The van der Waals surface area contributed by atoms with Gasteiger partial charge < -0.3 is 4.74 Å². The van der Waals surface area contributed by atoms with Crippen molar-refractivity contribution in [3.05, 3.63) is 35.0 Å². The highest BCUT2D eigenvalue weighted by atomic mass is 35.5. The zero-order chi connectivity index (χ0) is 15.0. The highest BCUT2D eigenvalue weighted by Gasteiger charge is 2.29. The summed E-state index contributed by atoms with van der Waals surface area (Å²) in [5, 5.41) is 1.18. The van der Waals surface area contributed by atoms with Gasteiger partial charge in [0.2, 0.25) is 11.8 Å². The molecule has 1 aromatic carbocycles. The molecule has 2 heterocycles. The zero-order valence-corrected chi connectivity index (χ0v) is 12.2. The van der Waals surface area contributed by atoms with Crippen LogP contribution in [0.3, 0.4) is 0 Å². The molecule has 0 unspecified atom stereocenters. The fourth-order valence-corrected chi connectivity index (χ4v) is 2.58. The third-order valence-corrected chi connectivity index (χ3v) is 3.86. The minimum absolute atomic E-state index is 0.161. The zero-order valence-electron chi connectivity index (χ0n) is 11.4. The second-order valence-corrected chi connectivity index (χ2v) is 5.23. The molecule has 2 amide bonds. The molecule has 1 aliphatic heterocycles. The van der Waals surface area contributed by atoms with Crippen LogP contribution in [-0.4, -0.2) is 28.8 Å². The van der Waals surface area contributed by atoms with E-state index in [0.29, 0.717) is 22.0 Å². The summed E-state index contributed by atoms with van der Waals surface area (Å²) in [7, 11) is 1.59. The fraction of sp³-hybridized carbons (Fsp3) is 0.267. The number of ether oxygens (including phenoxy) is 1. The highest BCUT2D eigenvalue weighted by Crippen LogP contribution is 2.26. The van der Waals surface area contributed by atoms with Gasteiger partial charge in [-0.1, -0.05) is 11.6 Å². The summed E-state index contributed by atoms with van der Waals surface area (Å²) in [4.78, 5) is 28.9. The number of carbonyl (C=O) groups excluding carboxylic acids is 2. The third kappa shape index (κ3) is 2.56. The normalized spacial score (nSPS) is 15.0. The van der Waals surface area contributed by atoms with Crippen molar-refractivity contribution >= 4 is 34.3 Å². The number of fused-ring (bicyclic) bond motifs is 1.